The van der Waals surface area contributed by atoms with E-state index in [1.165, 1.54) is 37.0 Å². The standard InChI is InChI=1S/C15H22OS/c1-15(2,11-12-5-3-4-6-12)17-14-9-7-13(16)8-10-14/h7-10,12,16H,3-6,11H2,1-2H3. The number of phenolic OH excluding ortho intramolecular Hbond substituents is 1. The molecular formula is C15H22OS. The predicted molar refractivity (Wildman–Crippen MR) is 74.6 cm³/mol. The minimum absolute atomic E-state index is 0.298. The molecule has 1 aromatic carbocycles. The Kier molecular flexibility index (Phi) is 4.03. The van der Waals surface area contributed by atoms with E-state index in [1.54, 1.807) is 12.1 Å². The lowest BCUT2D eigenvalue weighted by molar-refractivity contribution is 0.445. The molecule has 0 atom stereocenters. The zero-order valence-corrected chi connectivity index (χ0v) is 11.6. The third-order valence-electron chi connectivity index (χ3n) is 3.49. The molecule has 1 aliphatic carbocycles. The molecule has 0 aliphatic heterocycles. The number of hydrogen-bond acceptors (Lipinski definition) is 2. The maximum Gasteiger partial charge on any atom is 0.115 e. The summed E-state index contributed by atoms with van der Waals surface area (Å²) in [5.74, 6) is 1.28. The molecule has 1 N–H and O–H groups in total. The minimum Gasteiger partial charge on any atom is -0.508 e. The van der Waals surface area contributed by atoms with E-state index >= 15 is 0 Å². The molecule has 17 heavy (non-hydrogen) atoms. The summed E-state index contributed by atoms with van der Waals surface area (Å²) in [6.45, 7) is 4.67. The first-order valence-corrected chi connectivity index (χ1v) is 7.35. The van der Waals surface area contributed by atoms with Gasteiger partial charge in [-0.25, -0.2) is 0 Å². The van der Waals surface area contributed by atoms with Crippen molar-refractivity contribution in [3.05, 3.63) is 24.3 Å². The Labute approximate surface area is 109 Å². The molecule has 1 aromatic rings. The van der Waals surface area contributed by atoms with E-state index in [0.717, 1.165) is 5.92 Å². The number of thioether (sulfide) groups is 1. The Hall–Kier alpha value is -0.630. The van der Waals surface area contributed by atoms with Crippen molar-refractivity contribution in [2.75, 3.05) is 0 Å². The van der Waals surface area contributed by atoms with Crippen LogP contribution in [0.4, 0.5) is 0 Å². The predicted octanol–water partition coefficient (Wildman–Crippen LogP) is 4.84. The van der Waals surface area contributed by atoms with Crippen molar-refractivity contribution in [3.63, 3.8) is 0 Å². The highest BCUT2D eigenvalue weighted by molar-refractivity contribution is 8.00. The second-order valence-corrected chi connectivity index (χ2v) is 7.49. The first-order chi connectivity index (χ1) is 8.05. The van der Waals surface area contributed by atoms with Crippen molar-refractivity contribution in [3.8, 4) is 5.75 Å². The average Bonchev–Trinajstić information content (AvgIpc) is 2.73. The summed E-state index contributed by atoms with van der Waals surface area (Å²) in [5, 5.41) is 9.28. The molecule has 0 heterocycles. The van der Waals surface area contributed by atoms with Gasteiger partial charge < -0.3 is 5.11 Å². The number of aromatic hydroxyl groups is 1. The van der Waals surface area contributed by atoms with Crippen LogP contribution >= 0.6 is 11.8 Å². The first-order valence-electron chi connectivity index (χ1n) is 6.53. The Morgan fingerprint density at radius 1 is 1.18 bits per heavy atom. The molecule has 1 nitrogen and oxygen atoms in total. The Balaban J connectivity index is 1.93. The van der Waals surface area contributed by atoms with Crippen molar-refractivity contribution < 1.29 is 5.11 Å². The lowest BCUT2D eigenvalue weighted by atomic mass is 9.95. The van der Waals surface area contributed by atoms with Gasteiger partial charge in [-0.15, -0.1) is 11.8 Å². The smallest absolute Gasteiger partial charge is 0.115 e. The highest BCUT2D eigenvalue weighted by atomic mass is 32.2. The molecule has 0 radical (unpaired) electrons. The fourth-order valence-electron chi connectivity index (χ4n) is 2.78. The van der Waals surface area contributed by atoms with Crippen LogP contribution in [0.25, 0.3) is 0 Å². The van der Waals surface area contributed by atoms with E-state index in [-0.39, 0.29) is 0 Å². The molecule has 0 spiro atoms. The van der Waals surface area contributed by atoms with E-state index < -0.39 is 0 Å². The molecule has 0 saturated heterocycles. The van der Waals surface area contributed by atoms with Gasteiger partial charge >= 0.3 is 0 Å². The molecular weight excluding hydrogens is 228 g/mol. The Morgan fingerprint density at radius 2 is 1.76 bits per heavy atom. The first kappa shape index (κ1) is 12.8. The lowest BCUT2D eigenvalue weighted by Crippen LogP contribution is -2.18. The summed E-state index contributed by atoms with van der Waals surface area (Å²) < 4.78 is 0.298. The van der Waals surface area contributed by atoms with Gasteiger partial charge in [-0.1, -0.05) is 39.5 Å². The lowest BCUT2D eigenvalue weighted by Gasteiger charge is -2.27. The Morgan fingerprint density at radius 3 is 2.35 bits per heavy atom. The van der Waals surface area contributed by atoms with Gasteiger partial charge in [0.25, 0.3) is 0 Å². The van der Waals surface area contributed by atoms with Crippen molar-refractivity contribution in [2.45, 2.75) is 55.6 Å². The van der Waals surface area contributed by atoms with Crippen LogP contribution in [-0.4, -0.2) is 9.85 Å². The molecule has 94 valence electrons. The average molecular weight is 250 g/mol. The van der Waals surface area contributed by atoms with Crippen LogP contribution in [-0.2, 0) is 0 Å². The number of benzene rings is 1. The van der Waals surface area contributed by atoms with Gasteiger partial charge in [-0.3, -0.25) is 0 Å². The summed E-state index contributed by atoms with van der Waals surface area (Å²) in [6, 6.07) is 7.56. The van der Waals surface area contributed by atoms with Crippen LogP contribution in [0.3, 0.4) is 0 Å². The van der Waals surface area contributed by atoms with E-state index in [9.17, 15) is 5.11 Å². The SMILES string of the molecule is CC(C)(CC1CCCC1)Sc1ccc(O)cc1. The second kappa shape index (κ2) is 5.34. The van der Waals surface area contributed by atoms with Crippen LogP contribution in [0.2, 0.25) is 0 Å². The second-order valence-electron chi connectivity index (χ2n) is 5.71. The zero-order valence-electron chi connectivity index (χ0n) is 10.8. The van der Waals surface area contributed by atoms with E-state index in [4.69, 9.17) is 0 Å². The van der Waals surface area contributed by atoms with Crippen molar-refractivity contribution >= 4 is 11.8 Å². The van der Waals surface area contributed by atoms with Gasteiger partial charge in [0.1, 0.15) is 5.75 Å². The molecule has 2 heteroatoms. The van der Waals surface area contributed by atoms with E-state index in [1.807, 2.05) is 23.9 Å². The molecule has 1 aliphatic rings. The van der Waals surface area contributed by atoms with Crippen molar-refractivity contribution in [1.82, 2.24) is 0 Å². The van der Waals surface area contributed by atoms with Crippen LogP contribution in [0, 0.1) is 5.92 Å². The number of rotatable bonds is 4. The zero-order chi connectivity index (χ0) is 12.3. The molecule has 2 rings (SSSR count). The molecule has 1 fully saturated rings. The topological polar surface area (TPSA) is 20.2 Å². The highest BCUT2D eigenvalue weighted by Crippen LogP contribution is 2.41. The largest absolute Gasteiger partial charge is 0.508 e. The molecule has 1 saturated carbocycles. The molecule has 0 aromatic heterocycles. The van der Waals surface area contributed by atoms with Gasteiger partial charge in [-0.2, -0.15) is 0 Å². The summed E-state index contributed by atoms with van der Waals surface area (Å²) in [6.07, 6.45) is 6.98. The van der Waals surface area contributed by atoms with E-state index in [2.05, 4.69) is 13.8 Å². The highest BCUT2D eigenvalue weighted by Gasteiger charge is 2.26. The Bertz CT molecular complexity index is 350. The quantitative estimate of drug-likeness (QED) is 0.771. The van der Waals surface area contributed by atoms with E-state index in [0.29, 0.717) is 10.5 Å². The summed E-state index contributed by atoms with van der Waals surface area (Å²) in [7, 11) is 0. The van der Waals surface area contributed by atoms with Crippen molar-refractivity contribution in [1.29, 1.82) is 0 Å². The maximum absolute atomic E-state index is 9.28. The monoisotopic (exact) mass is 250 g/mol. The normalized spacial score (nSPS) is 17.5. The summed E-state index contributed by atoms with van der Waals surface area (Å²) in [4.78, 5) is 1.26. The van der Waals surface area contributed by atoms with Crippen LogP contribution < -0.4 is 0 Å². The minimum atomic E-state index is 0.298. The number of phenols is 1. The van der Waals surface area contributed by atoms with Gasteiger partial charge in [-0.05, 0) is 36.6 Å². The van der Waals surface area contributed by atoms with Crippen LogP contribution in [0.1, 0.15) is 46.0 Å². The fourth-order valence-corrected chi connectivity index (χ4v) is 4.01. The third-order valence-corrected chi connectivity index (χ3v) is 4.71. The van der Waals surface area contributed by atoms with Gasteiger partial charge in [0.15, 0.2) is 0 Å². The molecule has 0 unspecified atom stereocenters. The van der Waals surface area contributed by atoms with Crippen molar-refractivity contribution in [2.24, 2.45) is 5.92 Å². The maximum atomic E-state index is 9.28. The fraction of sp³-hybridized carbons (Fsp3) is 0.600. The third kappa shape index (κ3) is 3.95. The van der Waals surface area contributed by atoms with Crippen LogP contribution in [0.15, 0.2) is 29.2 Å². The van der Waals surface area contributed by atoms with Gasteiger partial charge in [0, 0.05) is 9.64 Å². The molecule has 0 bridgehead atoms. The number of hydrogen-bond donors (Lipinski definition) is 1. The van der Waals surface area contributed by atoms with Gasteiger partial charge in [0.05, 0.1) is 0 Å². The molecule has 0 amide bonds. The van der Waals surface area contributed by atoms with Crippen LogP contribution in [0.5, 0.6) is 5.75 Å². The summed E-state index contributed by atoms with van der Waals surface area (Å²) >= 11 is 1.93. The summed E-state index contributed by atoms with van der Waals surface area (Å²) in [5.41, 5.74) is 0. The van der Waals surface area contributed by atoms with Gasteiger partial charge in [0.2, 0.25) is 0 Å².